The molecule has 27 heavy (non-hydrogen) atoms. The van der Waals surface area contributed by atoms with Gasteiger partial charge in [0.15, 0.2) is 12.2 Å². The molecule has 1 aliphatic heterocycles. The summed E-state index contributed by atoms with van der Waals surface area (Å²) in [6.07, 6.45) is 4.21. The van der Waals surface area contributed by atoms with Gasteiger partial charge in [-0.1, -0.05) is 47.5 Å². The summed E-state index contributed by atoms with van der Waals surface area (Å²) >= 11 is 6.16. The van der Waals surface area contributed by atoms with E-state index in [4.69, 9.17) is 11.6 Å². The van der Waals surface area contributed by atoms with E-state index in [-0.39, 0.29) is 5.91 Å². The summed E-state index contributed by atoms with van der Waals surface area (Å²) in [5.74, 6) is 1.17. The zero-order chi connectivity index (χ0) is 19.0. The molecule has 4 nitrogen and oxygen atoms in total. The minimum Gasteiger partial charge on any atom is -0.322 e. The molecule has 1 aromatic heterocycles. The molecule has 3 aromatic rings. The molecule has 0 spiro atoms. The number of benzene rings is 2. The molecule has 0 aliphatic carbocycles. The highest BCUT2D eigenvalue weighted by molar-refractivity contribution is 6.31. The van der Waals surface area contributed by atoms with Crippen molar-refractivity contribution in [1.29, 1.82) is 0 Å². The normalized spacial score (nSPS) is 12.9. The number of carbonyl (C=O) groups excluding carboxylic acids is 1. The zero-order valence-corrected chi connectivity index (χ0v) is 16.4. The van der Waals surface area contributed by atoms with Crippen LogP contribution >= 0.6 is 11.6 Å². The summed E-state index contributed by atoms with van der Waals surface area (Å²) in [6.45, 7) is 5.30. The predicted molar refractivity (Wildman–Crippen MR) is 108 cm³/mol. The highest BCUT2D eigenvalue weighted by Gasteiger charge is 2.29. The summed E-state index contributed by atoms with van der Waals surface area (Å²) in [7, 11) is 0. The fourth-order valence-corrected chi connectivity index (χ4v) is 3.86. The van der Waals surface area contributed by atoms with E-state index in [0.29, 0.717) is 11.6 Å². The third-order valence-electron chi connectivity index (χ3n) is 5.20. The number of carbonyl (C=O) groups is 1. The van der Waals surface area contributed by atoms with Gasteiger partial charge >= 0.3 is 0 Å². The Bertz CT molecular complexity index is 1010. The van der Waals surface area contributed by atoms with Gasteiger partial charge in [0.05, 0.1) is 13.0 Å². The Labute approximate surface area is 164 Å². The Morgan fingerprint density at radius 2 is 1.96 bits per heavy atom. The summed E-state index contributed by atoms with van der Waals surface area (Å²) in [5, 5.41) is 3.65. The molecule has 0 radical (unpaired) electrons. The average Bonchev–Trinajstić information content (AvgIpc) is 3.24. The molecule has 1 aliphatic rings. The number of amides is 1. The van der Waals surface area contributed by atoms with Crippen molar-refractivity contribution in [2.75, 3.05) is 5.32 Å². The first-order valence-electron chi connectivity index (χ1n) is 9.27. The molecule has 1 N–H and O–H groups in total. The fraction of sp³-hybridized carbons (Fsp3) is 0.273. The number of nitrogens with one attached hydrogen (secondary N) is 1. The number of nitrogens with zero attached hydrogens (tertiary/aromatic N) is 2. The first-order chi connectivity index (χ1) is 13.0. The van der Waals surface area contributed by atoms with Crippen LogP contribution < -0.4 is 9.88 Å². The van der Waals surface area contributed by atoms with Crippen LogP contribution in [0.15, 0.2) is 48.7 Å². The van der Waals surface area contributed by atoms with Crippen LogP contribution in [0.5, 0.6) is 0 Å². The van der Waals surface area contributed by atoms with E-state index in [9.17, 15) is 4.79 Å². The number of fused-ring (bicyclic) bond motifs is 1. The molecule has 0 saturated carbocycles. The Morgan fingerprint density at radius 3 is 2.74 bits per heavy atom. The molecular formula is C22H23ClN3O+. The molecule has 0 fully saturated rings. The van der Waals surface area contributed by atoms with Gasteiger partial charge in [-0.15, -0.1) is 0 Å². The number of aromatic nitrogens is 2. The van der Waals surface area contributed by atoms with Crippen LogP contribution in [0.2, 0.25) is 5.02 Å². The number of halogens is 1. The monoisotopic (exact) mass is 380 g/mol. The van der Waals surface area contributed by atoms with E-state index in [1.54, 1.807) is 0 Å². The second kappa shape index (κ2) is 7.20. The minimum absolute atomic E-state index is 0.0406. The smallest absolute Gasteiger partial charge is 0.266 e. The molecule has 2 aromatic carbocycles. The van der Waals surface area contributed by atoms with Crippen LogP contribution in [0.1, 0.15) is 23.4 Å². The topological polar surface area (TPSA) is 37.9 Å². The van der Waals surface area contributed by atoms with Crippen molar-refractivity contribution in [1.82, 2.24) is 4.57 Å². The van der Waals surface area contributed by atoms with Crippen LogP contribution in [0.4, 0.5) is 5.69 Å². The maximum atomic E-state index is 12.7. The van der Waals surface area contributed by atoms with E-state index < -0.39 is 0 Å². The predicted octanol–water partition coefficient (Wildman–Crippen LogP) is 4.30. The molecule has 5 heteroatoms. The molecular weight excluding hydrogens is 358 g/mol. The molecule has 2 heterocycles. The number of hydrogen-bond acceptors (Lipinski definition) is 1. The van der Waals surface area contributed by atoms with Gasteiger partial charge in [-0.2, -0.15) is 0 Å². The van der Waals surface area contributed by atoms with Crippen molar-refractivity contribution in [3.8, 4) is 11.3 Å². The second-order valence-electron chi connectivity index (χ2n) is 7.14. The molecule has 1 amide bonds. The largest absolute Gasteiger partial charge is 0.322 e. The first kappa shape index (κ1) is 17.8. The minimum atomic E-state index is -0.0406. The lowest BCUT2D eigenvalue weighted by molar-refractivity contribution is -0.690. The standard InChI is InChI=1S/C22H22ClN3O/c1-15-8-10-17(11-9-15)20-13-25(22-7-4-12-26(20)22)14-21(27)24-19-6-3-5-18(23)16(19)2/h3,5-6,8-11,13H,4,7,12,14H2,1-2H3/p+1. The quantitative estimate of drug-likeness (QED) is 0.673. The van der Waals surface area contributed by atoms with Gasteiger partial charge in [0.25, 0.3) is 11.7 Å². The van der Waals surface area contributed by atoms with Gasteiger partial charge in [0.2, 0.25) is 0 Å². The third kappa shape index (κ3) is 3.50. The van der Waals surface area contributed by atoms with Crippen LogP contribution in [-0.2, 0) is 24.3 Å². The Morgan fingerprint density at radius 1 is 1.19 bits per heavy atom. The van der Waals surface area contributed by atoms with Crippen LogP contribution in [0.3, 0.4) is 0 Å². The zero-order valence-electron chi connectivity index (χ0n) is 15.6. The summed E-state index contributed by atoms with van der Waals surface area (Å²) < 4.78 is 4.42. The van der Waals surface area contributed by atoms with E-state index in [2.05, 4.69) is 51.8 Å². The maximum absolute atomic E-state index is 12.7. The van der Waals surface area contributed by atoms with Crippen molar-refractivity contribution < 1.29 is 9.36 Å². The number of anilines is 1. The van der Waals surface area contributed by atoms with Gasteiger partial charge in [-0.25, -0.2) is 9.13 Å². The average molecular weight is 381 g/mol. The van der Waals surface area contributed by atoms with Crippen molar-refractivity contribution in [2.45, 2.75) is 39.8 Å². The Balaban J connectivity index is 1.59. The number of imidazole rings is 1. The molecule has 4 rings (SSSR count). The summed E-state index contributed by atoms with van der Waals surface area (Å²) in [6, 6.07) is 14.1. The lowest BCUT2D eigenvalue weighted by Crippen LogP contribution is -2.42. The number of hydrogen-bond donors (Lipinski definition) is 1. The van der Waals surface area contributed by atoms with E-state index in [0.717, 1.165) is 30.6 Å². The van der Waals surface area contributed by atoms with Gasteiger partial charge in [0, 0.05) is 16.3 Å². The first-order valence-corrected chi connectivity index (χ1v) is 9.64. The van der Waals surface area contributed by atoms with Gasteiger partial charge in [-0.05, 0) is 38.0 Å². The van der Waals surface area contributed by atoms with Crippen molar-refractivity contribution >= 4 is 23.2 Å². The molecule has 138 valence electrons. The third-order valence-corrected chi connectivity index (χ3v) is 5.61. The van der Waals surface area contributed by atoms with Crippen LogP contribution in [-0.4, -0.2) is 10.5 Å². The Hall–Kier alpha value is -2.59. The SMILES string of the molecule is Cc1ccc(-c2c[n+](CC(=O)Nc3cccc(Cl)c3C)c3n2CCC3)cc1. The van der Waals surface area contributed by atoms with Crippen molar-refractivity contribution in [2.24, 2.45) is 0 Å². The van der Waals surface area contributed by atoms with Gasteiger partial charge in [0.1, 0.15) is 6.20 Å². The van der Waals surface area contributed by atoms with Gasteiger partial charge < -0.3 is 5.32 Å². The second-order valence-corrected chi connectivity index (χ2v) is 7.55. The molecule has 0 unspecified atom stereocenters. The summed E-state index contributed by atoms with van der Waals surface area (Å²) in [4.78, 5) is 12.7. The van der Waals surface area contributed by atoms with Crippen molar-refractivity contribution in [3.05, 3.63) is 70.6 Å². The molecule has 0 bridgehead atoms. The highest BCUT2D eigenvalue weighted by Crippen LogP contribution is 2.25. The van der Waals surface area contributed by atoms with E-state index >= 15 is 0 Å². The fourth-order valence-electron chi connectivity index (χ4n) is 3.69. The number of aryl methyl sites for hydroxylation is 1. The van der Waals surface area contributed by atoms with Crippen LogP contribution in [0.25, 0.3) is 11.3 Å². The highest BCUT2D eigenvalue weighted by atomic mass is 35.5. The van der Waals surface area contributed by atoms with Gasteiger partial charge in [-0.3, -0.25) is 4.79 Å². The number of rotatable bonds is 4. The molecule has 0 saturated heterocycles. The van der Waals surface area contributed by atoms with E-state index in [1.165, 1.54) is 22.6 Å². The van der Waals surface area contributed by atoms with E-state index in [1.807, 2.05) is 25.1 Å². The lowest BCUT2D eigenvalue weighted by atomic mass is 10.1. The lowest BCUT2D eigenvalue weighted by Gasteiger charge is -2.08. The maximum Gasteiger partial charge on any atom is 0.266 e. The van der Waals surface area contributed by atoms with Crippen LogP contribution in [0, 0.1) is 13.8 Å². The molecule has 0 atom stereocenters. The summed E-state index contributed by atoms with van der Waals surface area (Å²) in [5.41, 5.74) is 5.27. The van der Waals surface area contributed by atoms with Crippen molar-refractivity contribution in [3.63, 3.8) is 0 Å². The Kier molecular flexibility index (Phi) is 4.75.